The zero-order chi connectivity index (χ0) is 20.1. The quantitative estimate of drug-likeness (QED) is 0.744. The summed E-state index contributed by atoms with van der Waals surface area (Å²) < 4.78 is 38.0. The largest absolute Gasteiger partial charge is 0.401 e. The second-order valence-corrected chi connectivity index (χ2v) is 7.18. The Hall–Kier alpha value is -2.41. The van der Waals surface area contributed by atoms with Crippen LogP contribution in [0.5, 0.6) is 0 Å². The Kier molecular flexibility index (Phi) is 6.34. The van der Waals surface area contributed by atoms with E-state index >= 15 is 0 Å². The maximum Gasteiger partial charge on any atom is 0.401 e. The standard InChI is InChI=1S/C21H24F3N3O/c1-2-26(15-21(22,23)24)13-16-8-9-27(14-16)20(28)19-10-18(11-25-12-19)17-6-4-3-5-7-17/h3-7,10-12,16H,2,8-9,13-15H2,1H3. The monoisotopic (exact) mass is 391 g/mol. The number of pyridine rings is 1. The summed E-state index contributed by atoms with van der Waals surface area (Å²) in [4.78, 5) is 20.2. The Balaban J connectivity index is 1.63. The number of halogens is 3. The van der Waals surface area contributed by atoms with Gasteiger partial charge in [-0.3, -0.25) is 14.7 Å². The highest BCUT2D eigenvalue weighted by Crippen LogP contribution is 2.24. The third-order valence-corrected chi connectivity index (χ3v) is 5.03. The molecule has 1 aliphatic heterocycles. The summed E-state index contributed by atoms with van der Waals surface area (Å²) in [6.45, 7) is 2.54. The molecule has 0 saturated carbocycles. The molecule has 150 valence electrons. The van der Waals surface area contributed by atoms with E-state index < -0.39 is 12.7 Å². The smallest absolute Gasteiger partial charge is 0.338 e. The molecule has 0 aliphatic carbocycles. The summed E-state index contributed by atoms with van der Waals surface area (Å²) >= 11 is 0. The Morgan fingerprint density at radius 1 is 1.21 bits per heavy atom. The van der Waals surface area contributed by atoms with Gasteiger partial charge in [0.1, 0.15) is 0 Å². The molecule has 0 radical (unpaired) electrons. The second-order valence-electron chi connectivity index (χ2n) is 7.18. The van der Waals surface area contributed by atoms with Crippen molar-refractivity contribution in [2.75, 3.05) is 32.7 Å². The number of aromatic nitrogens is 1. The maximum atomic E-state index is 12.9. The van der Waals surface area contributed by atoms with Gasteiger partial charge in [0.25, 0.3) is 5.91 Å². The lowest BCUT2D eigenvalue weighted by Gasteiger charge is -2.25. The second kappa shape index (κ2) is 8.73. The first-order valence-corrected chi connectivity index (χ1v) is 9.44. The van der Waals surface area contributed by atoms with Crippen molar-refractivity contribution >= 4 is 5.91 Å². The number of rotatable bonds is 6. The number of hydrogen-bond donors (Lipinski definition) is 0. The third kappa shape index (κ3) is 5.32. The molecule has 1 amide bonds. The van der Waals surface area contributed by atoms with E-state index in [1.807, 2.05) is 36.4 Å². The molecule has 0 spiro atoms. The van der Waals surface area contributed by atoms with Gasteiger partial charge in [-0.2, -0.15) is 13.2 Å². The summed E-state index contributed by atoms with van der Waals surface area (Å²) in [5.74, 6) is -0.0665. The zero-order valence-electron chi connectivity index (χ0n) is 15.8. The van der Waals surface area contributed by atoms with Gasteiger partial charge in [-0.05, 0) is 30.5 Å². The van der Waals surface area contributed by atoms with Crippen LogP contribution in [0.2, 0.25) is 0 Å². The van der Waals surface area contributed by atoms with E-state index in [0.717, 1.165) is 11.1 Å². The molecule has 0 bridgehead atoms. The van der Waals surface area contributed by atoms with Crippen LogP contribution < -0.4 is 0 Å². The summed E-state index contributed by atoms with van der Waals surface area (Å²) in [7, 11) is 0. The number of nitrogens with zero attached hydrogens (tertiary/aromatic N) is 3. The molecule has 4 nitrogen and oxygen atoms in total. The molecular weight excluding hydrogens is 367 g/mol. The van der Waals surface area contributed by atoms with Crippen LogP contribution in [0.3, 0.4) is 0 Å². The average Bonchev–Trinajstić information content (AvgIpc) is 3.15. The Morgan fingerprint density at radius 3 is 2.64 bits per heavy atom. The van der Waals surface area contributed by atoms with Crippen LogP contribution in [-0.2, 0) is 0 Å². The minimum Gasteiger partial charge on any atom is -0.338 e. The van der Waals surface area contributed by atoms with Crippen LogP contribution in [0.1, 0.15) is 23.7 Å². The Morgan fingerprint density at radius 2 is 1.96 bits per heavy atom. The van der Waals surface area contributed by atoms with E-state index in [4.69, 9.17) is 0 Å². The van der Waals surface area contributed by atoms with Gasteiger partial charge in [-0.15, -0.1) is 0 Å². The normalized spacial score (nSPS) is 17.3. The summed E-state index contributed by atoms with van der Waals surface area (Å²) in [6, 6.07) is 11.5. The average molecular weight is 391 g/mol. The fraction of sp³-hybridized carbons (Fsp3) is 0.429. The van der Waals surface area contributed by atoms with Gasteiger partial charge in [-0.25, -0.2) is 0 Å². The number of likely N-dealkylation sites (tertiary alicyclic amines) is 1. The van der Waals surface area contributed by atoms with Gasteiger partial charge in [0, 0.05) is 37.6 Å². The van der Waals surface area contributed by atoms with Gasteiger partial charge in [-0.1, -0.05) is 37.3 Å². The predicted octanol–water partition coefficient (Wildman–Crippen LogP) is 4.09. The molecule has 1 unspecified atom stereocenters. The topological polar surface area (TPSA) is 36.4 Å². The van der Waals surface area contributed by atoms with Crippen LogP contribution in [0.4, 0.5) is 13.2 Å². The van der Waals surface area contributed by atoms with E-state index in [1.54, 1.807) is 24.2 Å². The number of benzene rings is 1. The van der Waals surface area contributed by atoms with Crippen molar-refractivity contribution in [3.8, 4) is 11.1 Å². The molecule has 1 aromatic carbocycles. The van der Waals surface area contributed by atoms with Crippen LogP contribution in [-0.4, -0.2) is 59.6 Å². The van der Waals surface area contributed by atoms with Crippen molar-refractivity contribution < 1.29 is 18.0 Å². The molecule has 1 aliphatic rings. The molecular formula is C21H24F3N3O. The van der Waals surface area contributed by atoms with E-state index in [1.165, 1.54) is 4.90 Å². The SMILES string of the molecule is CCN(CC1CCN(C(=O)c2cncc(-c3ccccc3)c2)C1)CC(F)(F)F. The highest BCUT2D eigenvalue weighted by Gasteiger charge is 2.33. The molecule has 1 fully saturated rings. The molecule has 1 saturated heterocycles. The number of carbonyl (C=O) groups excluding carboxylic acids is 1. The van der Waals surface area contributed by atoms with Crippen LogP contribution in [0.15, 0.2) is 48.8 Å². The van der Waals surface area contributed by atoms with E-state index in [2.05, 4.69) is 4.98 Å². The Labute approximate surface area is 163 Å². The lowest BCUT2D eigenvalue weighted by atomic mass is 10.1. The zero-order valence-corrected chi connectivity index (χ0v) is 15.8. The molecule has 1 aromatic heterocycles. The molecule has 2 aromatic rings. The third-order valence-electron chi connectivity index (χ3n) is 5.03. The molecule has 7 heteroatoms. The highest BCUT2D eigenvalue weighted by atomic mass is 19.4. The Bertz CT molecular complexity index is 795. The molecule has 0 N–H and O–H groups in total. The van der Waals surface area contributed by atoms with E-state index in [9.17, 15) is 18.0 Å². The van der Waals surface area contributed by atoms with Crippen LogP contribution in [0.25, 0.3) is 11.1 Å². The fourth-order valence-corrected chi connectivity index (χ4v) is 3.62. The van der Waals surface area contributed by atoms with E-state index in [0.29, 0.717) is 38.2 Å². The van der Waals surface area contributed by atoms with Crippen LogP contribution >= 0.6 is 0 Å². The van der Waals surface area contributed by atoms with Crippen molar-refractivity contribution in [3.63, 3.8) is 0 Å². The van der Waals surface area contributed by atoms with Gasteiger partial charge in [0.2, 0.25) is 0 Å². The summed E-state index contributed by atoms with van der Waals surface area (Å²) in [5.41, 5.74) is 2.35. The number of carbonyl (C=O) groups is 1. The van der Waals surface area contributed by atoms with Crippen molar-refractivity contribution in [1.82, 2.24) is 14.8 Å². The number of amides is 1. The van der Waals surface area contributed by atoms with E-state index in [-0.39, 0.29) is 11.8 Å². The van der Waals surface area contributed by atoms with Crippen molar-refractivity contribution in [3.05, 3.63) is 54.4 Å². The fourth-order valence-electron chi connectivity index (χ4n) is 3.62. The minimum atomic E-state index is -4.20. The lowest BCUT2D eigenvalue weighted by molar-refractivity contribution is -0.146. The first-order chi connectivity index (χ1) is 13.4. The van der Waals surface area contributed by atoms with Gasteiger partial charge >= 0.3 is 6.18 Å². The van der Waals surface area contributed by atoms with Gasteiger partial charge in [0.05, 0.1) is 12.1 Å². The van der Waals surface area contributed by atoms with Crippen LogP contribution in [0, 0.1) is 5.92 Å². The lowest BCUT2D eigenvalue weighted by Crippen LogP contribution is -2.38. The summed E-state index contributed by atoms with van der Waals surface area (Å²) in [6.07, 6.45) is -0.223. The molecule has 3 rings (SSSR count). The van der Waals surface area contributed by atoms with Gasteiger partial charge < -0.3 is 4.90 Å². The van der Waals surface area contributed by atoms with Crippen molar-refractivity contribution in [2.45, 2.75) is 19.5 Å². The molecule has 28 heavy (non-hydrogen) atoms. The summed E-state index contributed by atoms with van der Waals surface area (Å²) in [5, 5.41) is 0. The first-order valence-electron chi connectivity index (χ1n) is 9.44. The first kappa shape index (κ1) is 20.3. The van der Waals surface area contributed by atoms with Crippen molar-refractivity contribution in [1.29, 1.82) is 0 Å². The molecule has 2 heterocycles. The number of alkyl halides is 3. The van der Waals surface area contributed by atoms with Gasteiger partial charge in [0.15, 0.2) is 0 Å². The minimum absolute atomic E-state index is 0.0523. The molecule has 1 atom stereocenters. The maximum absolute atomic E-state index is 12.9. The van der Waals surface area contributed by atoms with Crippen molar-refractivity contribution in [2.24, 2.45) is 5.92 Å². The highest BCUT2D eigenvalue weighted by molar-refractivity contribution is 5.95. The number of hydrogen-bond acceptors (Lipinski definition) is 3. The predicted molar refractivity (Wildman–Crippen MR) is 102 cm³/mol.